The van der Waals surface area contributed by atoms with Crippen LogP contribution in [0.15, 0.2) is 85.1 Å². The van der Waals surface area contributed by atoms with Gasteiger partial charge in [-0.15, -0.1) is 0 Å². The second-order valence-corrected chi connectivity index (χ2v) is 25.7. The molecule has 0 rings (SSSR count). The average molecular weight is 1140 g/mol. The smallest absolute Gasteiger partial charge is 0.333 e. The van der Waals surface area contributed by atoms with Crippen LogP contribution < -0.4 is 4.89 Å². The van der Waals surface area contributed by atoms with Gasteiger partial charge < -0.3 is 60.9 Å². The second-order valence-electron chi connectivity index (χ2n) is 19.7. The maximum atomic E-state index is 11.3. The number of quaternary nitrogens is 1. The molecule has 0 aliphatic carbocycles. The van der Waals surface area contributed by atoms with Crippen molar-refractivity contribution in [3.63, 3.8) is 0 Å². The summed E-state index contributed by atoms with van der Waals surface area (Å²) in [5, 5.41) is 0. The zero-order chi connectivity index (χ0) is 62.5. The van der Waals surface area contributed by atoms with Crippen molar-refractivity contribution < 1.29 is 94.1 Å². The minimum absolute atomic E-state index is 0.0375. The highest BCUT2D eigenvalue weighted by Crippen LogP contribution is 2.37. The number of unbranched alkanes of at least 4 members (excludes halogenated alkanes) is 1. The number of esters is 7. The Bertz CT molecular complexity index is 1900. The van der Waals surface area contributed by atoms with Gasteiger partial charge in [0.05, 0.1) is 55.2 Å². The van der Waals surface area contributed by atoms with Crippen molar-refractivity contribution in [3.05, 3.63) is 85.1 Å². The van der Waals surface area contributed by atoms with Crippen LogP contribution in [0, 0.1) is 0 Å². The third-order valence-corrected chi connectivity index (χ3v) is 9.21. The van der Waals surface area contributed by atoms with E-state index in [2.05, 4.69) is 95.9 Å². The van der Waals surface area contributed by atoms with Crippen molar-refractivity contribution in [2.45, 2.75) is 114 Å². The lowest BCUT2D eigenvalue weighted by Gasteiger charge is -2.27. The van der Waals surface area contributed by atoms with Gasteiger partial charge in [-0.25, -0.2) is 33.6 Å². The summed E-state index contributed by atoms with van der Waals surface area (Å²) in [6, 6.07) is 0. The van der Waals surface area contributed by atoms with Crippen LogP contribution in [0.2, 0.25) is 19.6 Å². The van der Waals surface area contributed by atoms with Crippen molar-refractivity contribution in [1.82, 2.24) is 4.90 Å². The fourth-order valence-electron chi connectivity index (χ4n) is 3.07. The number of ether oxygens (including phenoxy) is 7. The minimum atomic E-state index is -4.34. The topological polar surface area (TPSA) is 255 Å². The molecule has 0 aliphatic heterocycles. The Morgan fingerprint density at radius 3 is 1.08 bits per heavy atom. The van der Waals surface area contributed by atoms with E-state index in [1.807, 2.05) is 60.9 Å². The fourth-order valence-corrected chi connectivity index (χ4v) is 4.44. The molecule has 0 amide bonds. The molecule has 0 fully saturated rings. The monoisotopic (exact) mass is 1140 g/mol. The van der Waals surface area contributed by atoms with Crippen molar-refractivity contribution in [2.75, 3.05) is 109 Å². The molecule has 0 bridgehead atoms. The summed E-state index contributed by atoms with van der Waals surface area (Å²) in [7, 11) is 6.45. The standard InChI is InChI=1S/C11H22NO6P.C9H18O3Si.C8H15NO2.2C8H14O2.2C5H8O2/c1-10(2)11(13)16-8-9-18-19(14,15)17-7-6-12(3,4)5;1-8(2)9(10)11-6-7-12-13(3,4)5;1-7(2)8(10)11-6-5-9(3)4;1-6(2)7(9)10-8(3,4)5;1-4-5-6-10-8(9)7(2)3;2*1-4(2)5(6)7-3/h1,6-9H2,2-5H3;1,6-7H2,2-5H3;1,5-6H2,2-4H3;1H2,2-5H3;2,4-6H2,1,3H3;2*1H2,2-3H3. The molecule has 0 aromatic carbocycles. The number of likely N-dealkylation sites (N-methyl/N-ethyl adjacent to an activating group) is 2. The lowest BCUT2D eigenvalue weighted by Crippen LogP contribution is -2.37. The molecule has 0 saturated heterocycles. The van der Waals surface area contributed by atoms with Crippen LogP contribution in [0.1, 0.15) is 89.0 Å². The first-order chi connectivity index (χ1) is 34.8. The zero-order valence-electron chi connectivity index (χ0n) is 50.8. The summed E-state index contributed by atoms with van der Waals surface area (Å²) in [5.41, 5.74) is 2.48. The molecule has 448 valence electrons. The Kier molecular flexibility index (Phi) is 53.2. The molecule has 21 nitrogen and oxygen atoms in total. The predicted octanol–water partition coefficient (Wildman–Crippen LogP) is 8.22. The molecule has 0 aliphatic rings. The Balaban J connectivity index is -0.000000153. The molecule has 0 radical (unpaired) electrons. The normalized spacial score (nSPS) is 10.9. The van der Waals surface area contributed by atoms with E-state index in [9.17, 15) is 43.0 Å². The van der Waals surface area contributed by atoms with E-state index in [-0.39, 0.29) is 61.2 Å². The summed E-state index contributed by atoms with van der Waals surface area (Å²) in [5.74, 6) is -2.55. The fraction of sp³-hybridized carbons (Fsp3) is 0.611. The molecule has 23 heteroatoms. The van der Waals surface area contributed by atoms with Gasteiger partial charge in [-0.05, 0) is 109 Å². The average Bonchev–Trinajstić information content (AvgIpc) is 3.28. The Morgan fingerprint density at radius 1 is 0.519 bits per heavy atom. The van der Waals surface area contributed by atoms with Gasteiger partial charge in [0.1, 0.15) is 38.6 Å². The Morgan fingerprint density at radius 2 is 0.831 bits per heavy atom. The van der Waals surface area contributed by atoms with Gasteiger partial charge in [0.25, 0.3) is 7.82 Å². The highest BCUT2D eigenvalue weighted by atomic mass is 31.2. The summed E-state index contributed by atoms with van der Waals surface area (Å²) in [4.78, 5) is 87.9. The maximum Gasteiger partial charge on any atom is 0.333 e. The summed E-state index contributed by atoms with van der Waals surface area (Å²) < 4.78 is 59.3. The highest BCUT2D eigenvalue weighted by Gasteiger charge is 2.17. The van der Waals surface area contributed by atoms with Crippen molar-refractivity contribution in [2.24, 2.45) is 0 Å². The van der Waals surface area contributed by atoms with E-state index < -0.39 is 27.7 Å². The molecule has 0 saturated carbocycles. The number of hydrogen-bond acceptors (Lipinski definition) is 20. The number of carbonyl (C=O) groups is 7. The van der Waals surface area contributed by atoms with Crippen LogP contribution >= 0.6 is 7.82 Å². The summed E-state index contributed by atoms with van der Waals surface area (Å²) in [6.45, 7) is 51.6. The molecule has 0 spiro atoms. The van der Waals surface area contributed by atoms with Crippen LogP contribution in [0.5, 0.6) is 0 Å². The van der Waals surface area contributed by atoms with Crippen molar-refractivity contribution in [1.29, 1.82) is 0 Å². The molecular formula is C54H99N2O19PSi. The van der Waals surface area contributed by atoms with Gasteiger partial charge in [0.15, 0.2) is 8.32 Å². The maximum absolute atomic E-state index is 11.3. The molecule has 1 unspecified atom stereocenters. The number of rotatable bonds is 25. The van der Waals surface area contributed by atoms with Crippen LogP contribution in [-0.2, 0) is 84.8 Å². The van der Waals surface area contributed by atoms with Crippen LogP contribution in [-0.4, -0.2) is 174 Å². The summed E-state index contributed by atoms with van der Waals surface area (Å²) >= 11 is 0. The molecule has 0 N–H and O–H groups in total. The number of phosphoric acid groups is 1. The van der Waals surface area contributed by atoms with Gasteiger partial charge in [0.2, 0.25) is 0 Å². The van der Waals surface area contributed by atoms with Gasteiger partial charge in [-0.1, -0.05) is 59.4 Å². The quantitative estimate of drug-likeness (QED) is 0.0159. The molecule has 0 heterocycles. The lowest BCUT2D eigenvalue weighted by molar-refractivity contribution is -0.870. The van der Waals surface area contributed by atoms with E-state index in [0.29, 0.717) is 70.9 Å². The lowest BCUT2D eigenvalue weighted by atomic mass is 10.2. The van der Waals surface area contributed by atoms with Crippen LogP contribution in [0.4, 0.5) is 0 Å². The third kappa shape index (κ3) is 75.0. The van der Waals surface area contributed by atoms with Gasteiger partial charge in [-0.2, -0.15) is 0 Å². The third-order valence-electron chi connectivity index (χ3n) is 7.14. The largest absolute Gasteiger partial charge is 0.756 e. The van der Waals surface area contributed by atoms with E-state index in [0.717, 1.165) is 19.4 Å². The number of methoxy groups -OCH3 is 2. The molecule has 0 aromatic heterocycles. The van der Waals surface area contributed by atoms with E-state index in [4.69, 9.17) is 23.4 Å². The van der Waals surface area contributed by atoms with E-state index >= 15 is 0 Å². The first-order valence-corrected chi connectivity index (χ1v) is 29.0. The number of carbonyl (C=O) groups excluding carboxylic acids is 7. The zero-order valence-corrected chi connectivity index (χ0v) is 52.7. The molecular weight excluding hydrogens is 1040 g/mol. The van der Waals surface area contributed by atoms with Crippen LogP contribution in [0.25, 0.3) is 0 Å². The molecule has 77 heavy (non-hydrogen) atoms. The van der Waals surface area contributed by atoms with Crippen molar-refractivity contribution in [3.8, 4) is 0 Å². The Hall–Kier alpha value is -5.32. The second kappa shape index (κ2) is 47.9. The highest BCUT2D eigenvalue weighted by molar-refractivity contribution is 7.45. The molecule has 1 atom stereocenters. The number of hydrogen-bond donors (Lipinski definition) is 0. The predicted molar refractivity (Wildman–Crippen MR) is 303 cm³/mol. The molecule has 0 aromatic rings. The first-order valence-electron chi connectivity index (χ1n) is 24.1. The number of phosphoric ester groups is 1. The van der Waals surface area contributed by atoms with Gasteiger partial charge >= 0.3 is 41.8 Å². The van der Waals surface area contributed by atoms with Crippen molar-refractivity contribution >= 4 is 57.9 Å². The van der Waals surface area contributed by atoms with E-state index in [1.54, 1.807) is 41.5 Å². The van der Waals surface area contributed by atoms with Crippen LogP contribution in [0.3, 0.4) is 0 Å². The van der Waals surface area contributed by atoms with Gasteiger partial charge in [-0.3, -0.25) is 4.57 Å². The summed E-state index contributed by atoms with van der Waals surface area (Å²) in [6.07, 6.45) is 1.97. The Labute approximate surface area is 463 Å². The first kappa shape index (κ1) is 85.6. The number of nitrogens with zero attached hydrogens (tertiary/aromatic N) is 2. The van der Waals surface area contributed by atoms with E-state index in [1.165, 1.54) is 21.1 Å². The van der Waals surface area contributed by atoms with Gasteiger partial charge in [0, 0.05) is 45.6 Å². The SMILES string of the molecule is C=C(C)C(=O)OC.C=C(C)C(=O)OC.C=C(C)C(=O)OC(C)(C)C.C=C(C)C(=O)OCCCC.C=C(C)C(=O)OCCN(C)C.C=C(C)C(=O)OCCOP(=O)([O-])OCC[N+](C)(C)C.C=C(C)C(=O)OCCO[Si](C)(C)C. The minimum Gasteiger partial charge on any atom is -0.756 e.